The number of rotatable bonds is 3. The van der Waals surface area contributed by atoms with Crippen LogP contribution < -0.4 is 15.4 Å². The van der Waals surface area contributed by atoms with Crippen LogP contribution in [0.2, 0.25) is 0 Å². The summed E-state index contributed by atoms with van der Waals surface area (Å²) < 4.78 is 11.7. The second kappa shape index (κ2) is 7.24. The van der Waals surface area contributed by atoms with E-state index in [0.29, 0.717) is 22.6 Å². The van der Waals surface area contributed by atoms with Crippen LogP contribution in [-0.4, -0.2) is 23.7 Å². The first-order valence-corrected chi connectivity index (χ1v) is 8.78. The van der Waals surface area contributed by atoms with E-state index in [1.165, 1.54) is 11.8 Å². The molecule has 1 heterocycles. The molecule has 7 nitrogen and oxygen atoms in total. The number of hydrogen-bond donors (Lipinski definition) is 1. The third kappa shape index (κ3) is 3.49. The Morgan fingerprint density at radius 1 is 1.21 bits per heavy atom. The number of urea groups is 1. The molecular formula is C21H21N3O4. The summed E-state index contributed by atoms with van der Waals surface area (Å²) >= 11 is 0. The van der Waals surface area contributed by atoms with Crippen molar-refractivity contribution in [1.29, 1.82) is 5.26 Å². The van der Waals surface area contributed by atoms with E-state index in [-0.39, 0.29) is 0 Å². The third-order valence-electron chi connectivity index (χ3n) is 4.65. The molecule has 1 aliphatic rings. The highest BCUT2D eigenvalue weighted by Crippen LogP contribution is 2.46. The molecule has 0 bridgehead atoms. The monoisotopic (exact) mass is 379 g/mol. The molecule has 28 heavy (non-hydrogen) atoms. The molecule has 2 atom stereocenters. The van der Waals surface area contributed by atoms with Crippen LogP contribution in [0.4, 0.5) is 10.5 Å². The van der Waals surface area contributed by atoms with Crippen molar-refractivity contribution in [3.63, 3.8) is 0 Å². The number of nitrogens with two attached hydrogens (primary N) is 1. The van der Waals surface area contributed by atoms with Crippen LogP contribution in [0.25, 0.3) is 0 Å². The molecule has 2 N–H and O–H groups in total. The van der Waals surface area contributed by atoms with Crippen LogP contribution in [0, 0.1) is 11.3 Å². The van der Waals surface area contributed by atoms with Crippen molar-refractivity contribution >= 4 is 17.7 Å². The molecule has 0 unspecified atom stereocenters. The van der Waals surface area contributed by atoms with Gasteiger partial charge >= 0.3 is 12.0 Å². The van der Waals surface area contributed by atoms with Crippen molar-refractivity contribution < 1.29 is 19.1 Å². The fraction of sp³-hybridized carbons (Fsp3) is 0.286. The quantitative estimate of drug-likeness (QED) is 0.824. The number of carbonyl (C=O) groups excluding carboxylic acids is 2. The van der Waals surface area contributed by atoms with Gasteiger partial charge in [-0.05, 0) is 44.2 Å². The standard InChI is InChI=1S/C21H21N3O4/c1-13(25)27-19-18(24(20(23)26)15-7-5-4-6-8-15)16-11-14(12-22)9-10-17(16)28-21(19,2)3/h4-11,18-19H,1-3H3,(H2,23,26)/t18-,19+/m1/s1. The summed E-state index contributed by atoms with van der Waals surface area (Å²) in [5.74, 6) is -0.0105. The van der Waals surface area contributed by atoms with Gasteiger partial charge in [-0.25, -0.2) is 4.79 Å². The SMILES string of the molecule is CC(=O)O[C@H]1[C@H](N(C(N)=O)c2ccccc2)c2cc(C#N)ccc2OC1(C)C. The summed E-state index contributed by atoms with van der Waals surface area (Å²) in [7, 11) is 0. The van der Waals surface area contributed by atoms with E-state index in [1.54, 1.807) is 56.3 Å². The molecule has 2 aromatic rings. The summed E-state index contributed by atoms with van der Waals surface area (Å²) in [6.45, 7) is 4.85. The van der Waals surface area contributed by atoms with Crippen LogP contribution in [0.1, 0.15) is 37.9 Å². The predicted octanol–water partition coefficient (Wildman–Crippen LogP) is 3.29. The van der Waals surface area contributed by atoms with E-state index in [0.717, 1.165) is 0 Å². The van der Waals surface area contributed by atoms with Gasteiger partial charge < -0.3 is 15.2 Å². The summed E-state index contributed by atoms with van der Waals surface area (Å²) in [6.07, 6.45) is -0.848. The number of primary amides is 1. The maximum Gasteiger partial charge on any atom is 0.319 e. The molecule has 2 aromatic carbocycles. The van der Waals surface area contributed by atoms with Gasteiger partial charge in [0.15, 0.2) is 6.10 Å². The molecular weight excluding hydrogens is 358 g/mol. The number of carbonyl (C=O) groups is 2. The van der Waals surface area contributed by atoms with Crippen LogP contribution in [0.5, 0.6) is 5.75 Å². The molecule has 0 spiro atoms. The van der Waals surface area contributed by atoms with E-state index in [4.69, 9.17) is 15.2 Å². The van der Waals surface area contributed by atoms with Gasteiger partial charge in [0.05, 0.1) is 11.6 Å². The van der Waals surface area contributed by atoms with Gasteiger partial charge in [-0.1, -0.05) is 18.2 Å². The number of amides is 2. The van der Waals surface area contributed by atoms with Gasteiger partial charge in [-0.15, -0.1) is 0 Å². The molecule has 0 aliphatic carbocycles. The van der Waals surface area contributed by atoms with E-state index < -0.39 is 29.7 Å². The molecule has 0 aromatic heterocycles. The summed E-state index contributed by atoms with van der Waals surface area (Å²) in [5.41, 5.74) is 6.29. The fourth-order valence-electron chi connectivity index (χ4n) is 3.50. The number of esters is 1. The topological polar surface area (TPSA) is 106 Å². The number of para-hydroxylation sites is 1. The van der Waals surface area contributed by atoms with Crippen LogP contribution in [-0.2, 0) is 9.53 Å². The zero-order valence-corrected chi connectivity index (χ0v) is 15.9. The zero-order chi connectivity index (χ0) is 20.5. The Balaban J connectivity index is 2.26. The Labute approximate surface area is 163 Å². The molecule has 0 fully saturated rings. The average Bonchev–Trinajstić information content (AvgIpc) is 2.64. The molecule has 3 rings (SSSR count). The van der Waals surface area contributed by atoms with Crippen LogP contribution in [0.3, 0.4) is 0 Å². The smallest absolute Gasteiger partial charge is 0.319 e. The van der Waals surface area contributed by atoms with Crippen molar-refractivity contribution in [2.75, 3.05) is 4.90 Å². The van der Waals surface area contributed by atoms with Gasteiger partial charge in [-0.3, -0.25) is 9.69 Å². The Hall–Kier alpha value is -3.53. The van der Waals surface area contributed by atoms with Crippen molar-refractivity contribution in [3.05, 3.63) is 59.7 Å². The van der Waals surface area contributed by atoms with Gasteiger partial charge in [0, 0.05) is 18.2 Å². The molecule has 144 valence electrons. The van der Waals surface area contributed by atoms with Crippen molar-refractivity contribution in [1.82, 2.24) is 0 Å². The van der Waals surface area contributed by atoms with E-state index in [1.807, 2.05) is 6.07 Å². The summed E-state index contributed by atoms with van der Waals surface area (Å²) in [5, 5.41) is 9.32. The highest BCUT2D eigenvalue weighted by atomic mass is 16.6. The second-order valence-electron chi connectivity index (χ2n) is 7.09. The fourth-order valence-corrected chi connectivity index (χ4v) is 3.50. The lowest BCUT2D eigenvalue weighted by atomic mass is 9.84. The maximum absolute atomic E-state index is 12.5. The van der Waals surface area contributed by atoms with Crippen molar-refractivity contribution in [2.24, 2.45) is 5.73 Å². The Kier molecular flexibility index (Phi) is 4.97. The lowest BCUT2D eigenvalue weighted by Crippen LogP contribution is -2.57. The second-order valence-corrected chi connectivity index (χ2v) is 7.09. The molecule has 0 saturated carbocycles. The lowest BCUT2D eigenvalue weighted by Gasteiger charge is -2.47. The first kappa shape index (κ1) is 19.2. The number of anilines is 1. The number of nitriles is 1. The normalized spacial score (nSPS) is 19.5. The minimum Gasteiger partial charge on any atom is -0.484 e. The van der Waals surface area contributed by atoms with E-state index >= 15 is 0 Å². The molecule has 0 radical (unpaired) electrons. The highest BCUT2D eigenvalue weighted by molar-refractivity contribution is 5.92. The summed E-state index contributed by atoms with van der Waals surface area (Å²) in [6, 6.07) is 14.4. The van der Waals surface area contributed by atoms with Crippen molar-refractivity contribution in [2.45, 2.75) is 38.5 Å². The average molecular weight is 379 g/mol. The summed E-state index contributed by atoms with van der Waals surface area (Å²) in [4.78, 5) is 25.7. The molecule has 2 amide bonds. The number of ether oxygens (including phenoxy) is 2. The van der Waals surface area contributed by atoms with Gasteiger partial charge in [0.2, 0.25) is 0 Å². The zero-order valence-electron chi connectivity index (χ0n) is 15.9. The van der Waals surface area contributed by atoms with E-state index in [2.05, 4.69) is 6.07 Å². The van der Waals surface area contributed by atoms with Crippen LogP contribution >= 0.6 is 0 Å². The molecule has 1 aliphatic heterocycles. The minimum atomic E-state index is -0.944. The molecule has 7 heteroatoms. The maximum atomic E-state index is 12.5. The number of fused-ring (bicyclic) bond motifs is 1. The first-order chi connectivity index (χ1) is 13.2. The van der Waals surface area contributed by atoms with Crippen LogP contribution in [0.15, 0.2) is 48.5 Å². The molecule has 0 saturated heterocycles. The van der Waals surface area contributed by atoms with Crippen molar-refractivity contribution in [3.8, 4) is 11.8 Å². The Morgan fingerprint density at radius 2 is 1.89 bits per heavy atom. The number of nitrogens with zero attached hydrogens (tertiary/aromatic N) is 2. The van der Waals surface area contributed by atoms with Gasteiger partial charge in [-0.2, -0.15) is 5.26 Å². The number of benzene rings is 2. The largest absolute Gasteiger partial charge is 0.484 e. The number of hydrogen-bond acceptors (Lipinski definition) is 5. The third-order valence-corrected chi connectivity index (χ3v) is 4.65. The Bertz CT molecular complexity index is 950. The first-order valence-electron chi connectivity index (χ1n) is 8.78. The van der Waals surface area contributed by atoms with Gasteiger partial charge in [0.25, 0.3) is 0 Å². The van der Waals surface area contributed by atoms with E-state index in [9.17, 15) is 14.9 Å². The Morgan fingerprint density at radius 3 is 2.46 bits per heavy atom. The predicted molar refractivity (Wildman–Crippen MR) is 103 cm³/mol. The highest BCUT2D eigenvalue weighted by Gasteiger charge is 2.50. The minimum absolute atomic E-state index is 0.395. The van der Waals surface area contributed by atoms with Gasteiger partial charge in [0.1, 0.15) is 17.4 Å². The lowest BCUT2D eigenvalue weighted by molar-refractivity contribution is -0.161.